The monoisotopic (exact) mass is 414 g/mol. The summed E-state index contributed by atoms with van der Waals surface area (Å²) in [5.74, 6) is -0.558. The molecule has 1 saturated heterocycles. The number of hydrogen-bond acceptors (Lipinski definition) is 6. The molecule has 1 aliphatic heterocycles. The minimum absolute atomic E-state index is 0.0303. The first-order valence-electron chi connectivity index (χ1n) is 9.38. The molecule has 2 aliphatic rings. The number of rotatable bonds is 6. The molecule has 8 nitrogen and oxygen atoms in total. The number of likely N-dealkylation sites (tertiary alicyclic amines) is 1. The molecule has 1 aromatic carbocycles. The van der Waals surface area contributed by atoms with Crippen LogP contribution < -0.4 is 5.32 Å². The van der Waals surface area contributed by atoms with E-state index in [1.165, 1.54) is 4.90 Å². The van der Waals surface area contributed by atoms with E-state index in [4.69, 9.17) is 16.1 Å². The lowest BCUT2D eigenvalue weighted by molar-refractivity contribution is -0.140. The number of carbonyl (C=O) groups is 3. The number of nitrogens with one attached hydrogen (secondary N) is 1. The maximum Gasteiger partial charge on any atom is 0.246 e. The first-order valence-corrected chi connectivity index (χ1v) is 9.76. The van der Waals surface area contributed by atoms with Crippen LogP contribution in [-0.4, -0.2) is 39.3 Å². The van der Waals surface area contributed by atoms with Crippen LogP contribution in [0.1, 0.15) is 25.2 Å². The van der Waals surface area contributed by atoms with E-state index in [0.717, 1.165) is 5.56 Å². The summed E-state index contributed by atoms with van der Waals surface area (Å²) >= 11 is 5.86. The van der Waals surface area contributed by atoms with Gasteiger partial charge >= 0.3 is 0 Å². The second kappa shape index (κ2) is 8.16. The molecule has 2 heterocycles. The normalized spacial score (nSPS) is 20.8. The highest BCUT2D eigenvalue weighted by atomic mass is 35.5. The zero-order valence-electron chi connectivity index (χ0n) is 15.5. The number of aromatic nitrogens is 2. The van der Waals surface area contributed by atoms with Crippen LogP contribution in [0.4, 0.5) is 0 Å². The Bertz CT molecular complexity index is 943. The summed E-state index contributed by atoms with van der Waals surface area (Å²) in [6.07, 6.45) is 5.08. The Morgan fingerprint density at radius 1 is 1.14 bits per heavy atom. The minimum atomic E-state index is -0.301. The molecule has 0 saturated carbocycles. The molecule has 1 N–H and O–H groups in total. The fraction of sp³-hybridized carbons (Fsp3) is 0.350. The second-order valence-corrected chi connectivity index (χ2v) is 7.47. The number of carbonyl (C=O) groups excluding carboxylic acids is 3. The molecule has 1 aromatic heterocycles. The van der Waals surface area contributed by atoms with Gasteiger partial charge in [0.25, 0.3) is 0 Å². The zero-order chi connectivity index (χ0) is 20.4. The van der Waals surface area contributed by atoms with E-state index in [9.17, 15) is 14.4 Å². The van der Waals surface area contributed by atoms with Gasteiger partial charge in [0.2, 0.25) is 29.4 Å². The van der Waals surface area contributed by atoms with Crippen molar-refractivity contribution in [2.75, 3.05) is 6.54 Å². The summed E-state index contributed by atoms with van der Waals surface area (Å²) in [6.45, 7) is 0.146. The molecule has 2 atom stereocenters. The molecule has 0 unspecified atom stereocenters. The lowest BCUT2D eigenvalue weighted by atomic mass is 9.85. The van der Waals surface area contributed by atoms with Crippen molar-refractivity contribution >= 4 is 29.3 Å². The average Bonchev–Trinajstić information content (AvgIpc) is 3.30. The maximum atomic E-state index is 12.4. The van der Waals surface area contributed by atoms with Gasteiger partial charge in [-0.3, -0.25) is 19.3 Å². The van der Waals surface area contributed by atoms with Crippen molar-refractivity contribution in [3.63, 3.8) is 0 Å². The summed E-state index contributed by atoms with van der Waals surface area (Å²) in [4.78, 5) is 42.4. The summed E-state index contributed by atoms with van der Waals surface area (Å²) in [5.41, 5.74) is 0.748. The third kappa shape index (κ3) is 4.07. The lowest BCUT2D eigenvalue weighted by Gasteiger charge is -2.14. The Balaban J connectivity index is 1.27. The van der Waals surface area contributed by atoms with Gasteiger partial charge in [-0.15, -0.1) is 0 Å². The highest BCUT2D eigenvalue weighted by Gasteiger charge is 2.46. The third-order valence-corrected chi connectivity index (χ3v) is 5.42. The van der Waals surface area contributed by atoms with Gasteiger partial charge in [0, 0.05) is 23.6 Å². The quantitative estimate of drug-likeness (QED) is 0.574. The number of nitrogens with zero attached hydrogens (tertiary/aromatic N) is 3. The van der Waals surface area contributed by atoms with Crippen LogP contribution in [0.2, 0.25) is 5.02 Å². The summed E-state index contributed by atoms with van der Waals surface area (Å²) in [5, 5.41) is 7.16. The van der Waals surface area contributed by atoms with E-state index in [2.05, 4.69) is 15.5 Å². The number of benzene rings is 1. The third-order valence-electron chi connectivity index (χ3n) is 5.17. The van der Waals surface area contributed by atoms with Gasteiger partial charge in [0.05, 0.1) is 18.4 Å². The predicted octanol–water partition coefficient (Wildman–Crippen LogP) is 2.35. The van der Waals surface area contributed by atoms with Crippen LogP contribution in [-0.2, 0) is 20.9 Å². The van der Waals surface area contributed by atoms with Crippen molar-refractivity contribution in [1.82, 2.24) is 20.4 Å². The first kappa shape index (κ1) is 19.3. The molecule has 1 fully saturated rings. The molecule has 1 aliphatic carbocycles. The number of fused-ring (bicyclic) bond motifs is 1. The van der Waals surface area contributed by atoms with Crippen molar-refractivity contribution in [3.05, 3.63) is 47.3 Å². The Morgan fingerprint density at radius 3 is 2.45 bits per heavy atom. The first-order chi connectivity index (χ1) is 14.0. The Morgan fingerprint density at radius 2 is 1.79 bits per heavy atom. The van der Waals surface area contributed by atoms with Gasteiger partial charge in [-0.1, -0.05) is 28.9 Å². The van der Waals surface area contributed by atoms with Gasteiger partial charge in [-0.05, 0) is 37.1 Å². The SMILES string of the molecule is O=C(CCN1C(=O)[C@H]2CC=CC[C@@H]2C1=O)NCc1nc(-c2ccc(Cl)cc2)no1. The molecule has 0 spiro atoms. The number of halogens is 1. The molecule has 4 rings (SSSR count). The number of imide groups is 1. The molecule has 3 amide bonds. The van der Waals surface area contributed by atoms with Gasteiger partial charge in [-0.2, -0.15) is 4.98 Å². The van der Waals surface area contributed by atoms with E-state index < -0.39 is 0 Å². The smallest absolute Gasteiger partial charge is 0.246 e. The average molecular weight is 415 g/mol. The lowest BCUT2D eigenvalue weighted by Crippen LogP contribution is -2.35. The van der Waals surface area contributed by atoms with Crippen molar-refractivity contribution in [2.24, 2.45) is 11.8 Å². The van der Waals surface area contributed by atoms with Crippen molar-refractivity contribution in [1.29, 1.82) is 0 Å². The largest absolute Gasteiger partial charge is 0.347 e. The Labute approximate surface area is 171 Å². The van der Waals surface area contributed by atoms with E-state index in [1.54, 1.807) is 24.3 Å². The topological polar surface area (TPSA) is 105 Å². The van der Waals surface area contributed by atoms with Crippen molar-refractivity contribution < 1.29 is 18.9 Å². The van der Waals surface area contributed by atoms with Crippen LogP contribution >= 0.6 is 11.6 Å². The predicted molar refractivity (Wildman–Crippen MR) is 103 cm³/mol. The minimum Gasteiger partial charge on any atom is -0.347 e. The number of amides is 3. The molecular formula is C20H19ClN4O4. The fourth-order valence-electron chi connectivity index (χ4n) is 3.61. The van der Waals surface area contributed by atoms with Crippen LogP contribution in [0.15, 0.2) is 40.9 Å². The number of hydrogen-bond donors (Lipinski definition) is 1. The van der Waals surface area contributed by atoms with Gasteiger partial charge in [0.15, 0.2) is 0 Å². The van der Waals surface area contributed by atoms with E-state index in [-0.39, 0.29) is 55.0 Å². The standard InChI is InChI=1S/C20H19ClN4O4/c21-13-7-5-12(6-8-13)18-23-17(29-24-18)11-22-16(26)9-10-25-19(27)14-3-1-2-4-15(14)20(25)28/h1-2,5-8,14-15H,3-4,9-11H2,(H,22,26)/t14-,15-/m0/s1. The van der Waals surface area contributed by atoms with Crippen LogP contribution in [0.3, 0.4) is 0 Å². The van der Waals surface area contributed by atoms with Gasteiger partial charge in [-0.25, -0.2) is 0 Å². The second-order valence-electron chi connectivity index (χ2n) is 7.03. The summed E-state index contributed by atoms with van der Waals surface area (Å²) in [6, 6.07) is 6.99. The molecule has 0 radical (unpaired) electrons. The number of allylic oxidation sites excluding steroid dienone is 2. The highest BCUT2D eigenvalue weighted by Crippen LogP contribution is 2.34. The van der Waals surface area contributed by atoms with Crippen molar-refractivity contribution in [3.8, 4) is 11.4 Å². The van der Waals surface area contributed by atoms with E-state index in [0.29, 0.717) is 23.7 Å². The zero-order valence-corrected chi connectivity index (χ0v) is 16.3. The summed E-state index contributed by atoms with van der Waals surface area (Å²) < 4.78 is 5.14. The maximum absolute atomic E-state index is 12.4. The molecule has 150 valence electrons. The van der Waals surface area contributed by atoms with Gasteiger partial charge in [0.1, 0.15) is 0 Å². The van der Waals surface area contributed by atoms with Gasteiger partial charge < -0.3 is 9.84 Å². The van der Waals surface area contributed by atoms with Crippen molar-refractivity contribution in [2.45, 2.75) is 25.8 Å². The molecule has 2 aromatic rings. The van der Waals surface area contributed by atoms with Crippen LogP contribution in [0.25, 0.3) is 11.4 Å². The van der Waals surface area contributed by atoms with E-state index >= 15 is 0 Å². The molecule has 0 bridgehead atoms. The summed E-state index contributed by atoms with van der Waals surface area (Å²) in [7, 11) is 0. The van der Waals surface area contributed by atoms with Crippen LogP contribution in [0.5, 0.6) is 0 Å². The molecule has 29 heavy (non-hydrogen) atoms. The molecule has 9 heteroatoms. The van der Waals surface area contributed by atoms with Crippen LogP contribution in [0, 0.1) is 11.8 Å². The highest BCUT2D eigenvalue weighted by molar-refractivity contribution is 6.30. The van der Waals surface area contributed by atoms with E-state index in [1.807, 2.05) is 12.2 Å². The Kier molecular flexibility index (Phi) is 5.44. The molecular weight excluding hydrogens is 396 g/mol. The Hall–Kier alpha value is -3.00. The fourth-order valence-corrected chi connectivity index (χ4v) is 3.73.